The fourth-order valence-corrected chi connectivity index (χ4v) is 7.72. The van der Waals surface area contributed by atoms with E-state index in [9.17, 15) is 4.79 Å². The van der Waals surface area contributed by atoms with Crippen LogP contribution in [0.15, 0.2) is 91.0 Å². The minimum atomic E-state index is -0.464. The van der Waals surface area contributed by atoms with Gasteiger partial charge in [0.05, 0.1) is 11.1 Å². The number of benzene rings is 3. The van der Waals surface area contributed by atoms with Crippen LogP contribution < -0.4 is 9.47 Å². The number of nitrogens with zero attached hydrogens (tertiary/aromatic N) is 5. The molecule has 1 amide bonds. The number of fused-ring (bicyclic) bond motifs is 1. The molecule has 2 saturated heterocycles. The van der Waals surface area contributed by atoms with E-state index < -0.39 is 5.60 Å². The van der Waals surface area contributed by atoms with E-state index in [-0.39, 0.29) is 6.09 Å². The van der Waals surface area contributed by atoms with Crippen LogP contribution in [0.4, 0.5) is 4.79 Å². The summed E-state index contributed by atoms with van der Waals surface area (Å²) in [4.78, 5) is 22.0. The summed E-state index contributed by atoms with van der Waals surface area (Å²) < 4.78 is 20.1. The molecule has 0 spiro atoms. The van der Waals surface area contributed by atoms with Gasteiger partial charge in [0.15, 0.2) is 0 Å². The molecule has 53 heavy (non-hydrogen) atoms. The van der Waals surface area contributed by atoms with Gasteiger partial charge in [0, 0.05) is 38.1 Å². The highest BCUT2D eigenvalue weighted by Gasteiger charge is 2.33. The second-order valence-electron chi connectivity index (χ2n) is 15.8. The zero-order valence-electron chi connectivity index (χ0n) is 31.8. The Kier molecular flexibility index (Phi) is 11.0. The van der Waals surface area contributed by atoms with Gasteiger partial charge >= 0.3 is 6.09 Å². The zero-order valence-corrected chi connectivity index (χ0v) is 31.8. The van der Waals surface area contributed by atoms with E-state index in [2.05, 4.69) is 42.2 Å². The Morgan fingerprint density at radius 2 is 1.51 bits per heavy atom. The van der Waals surface area contributed by atoms with Crippen molar-refractivity contribution in [1.29, 1.82) is 0 Å². The number of rotatable bonds is 10. The molecule has 0 saturated carbocycles. The van der Waals surface area contributed by atoms with Crippen molar-refractivity contribution < 1.29 is 19.0 Å². The Balaban J connectivity index is 1.02. The Morgan fingerprint density at radius 1 is 0.830 bits per heavy atom. The highest BCUT2D eigenvalue weighted by Crippen LogP contribution is 2.38. The lowest BCUT2D eigenvalue weighted by Gasteiger charge is -2.41. The summed E-state index contributed by atoms with van der Waals surface area (Å²) in [6, 6.07) is 31.0. The molecule has 2 aliphatic rings. The third kappa shape index (κ3) is 9.02. The summed E-state index contributed by atoms with van der Waals surface area (Å²) in [5.74, 6) is 2.56. The van der Waals surface area contributed by atoms with E-state index in [1.54, 1.807) is 0 Å². The fraction of sp³-hybridized carbons (Fsp3) is 0.432. The number of piperidine rings is 2. The molecule has 2 fully saturated rings. The molecule has 0 bridgehead atoms. The lowest BCUT2D eigenvalue weighted by atomic mass is 9.84. The Labute approximate surface area is 313 Å². The van der Waals surface area contributed by atoms with Gasteiger partial charge in [-0.1, -0.05) is 79.7 Å². The van der Waals surface area contributed by atoms with Gasteiger partial charge in [-0.05, 0) is 99.7 Å². The van der Waals surface area contributed by atoms with Gasteiger partial charge < -0.3 is 24.0 Å². The molecule has 2 atom stereocenters. The average molecular weight is 716 g/mol. The maximum absolute atomic E-state index is 12.6. The summed E-state index contributed by atoms with van der Waals surface area (Å²) >= 11 is 0. The molecule has 278 valence electrons. The van der Waals surface area contributed by atoms with Gasteiger partial charge in [-0.25, -0.2) is 4.79 Å². The van der Waals surface area contributed by atoms with Crippen molar-refractivity contribution >= 4 is 17.0 Å². The summed E-state index contributed by atoms with van der Waals surface area (Å²) in [5.41, 5.74) is 5.84. The third-order valence-electron chi connectivity index (χ3n) is 10.7. The molecule has 4 heterocycles. The largest absolute Gasteiger partial charge is 0.473 e. The number of hydrogen-bond donors (Lipinski definition) is 0. The number of likely N-dealkylation sites (tertiary alicyclic amines) is 2. The highest BCUT2D eigenvalue weighted by atomic mass is 16.6. The molecule has 0 N–H and O–H groups in total. The number of aromatic nitrogens is 3. The number of carbonyl (C=O) groups excluding carboxylic acids is 1. The van der Waals surface area contributed by atoms with Crippen molar-refractivity contribution in [3.05, 3.63) is 108 Å². The van der Waals surface area contributed by atoms with Crippen molar-refractivity contribution in [3.8, 4) is 23.0 Å². The average Bonchev–Trinajstić information content (AvgIpc) is 3.49. The second-order valence-corrected chi connectivity index (χ2v) is 15.8. The van der Waals surface area contributed by atoms with Crippen molar-refractivity contribution in [2.45, 2.75) is 71.7 Å². The number of pyridine rings is 1. The molecule has 3 aromatic carbocycles. The monoisotopic (exact) mass is 715 g/mol. The normalized spacial score (nSPS) is 18.6. The van der Waals surface area contributed by atoms with E-state index in [4.69, 9.17) is 24.3 Å². The zero-order chi connectivity index (χ0) is 37.0. The Hall–Kier alpha value is -4.89. The van der Waals surface area contributed by atoms with E-state index >= 15 is 0 Å². The second kappa shape index (κ2) is 16.0. The molecule has 7 rings (SSSR count). The van der Waals surface area contributed by atoms with Crippen molar-refractivity contribution in [2.24, 2.45) is 18.9 Å². The first-order valence-electron chi connectivity index (χ1n) is 19.1. The van der Waals surface area contributed by atoms with Crippen LogP contribution in [0.1, 0.15) is 69.6 Å². The maximum atomic E-state index is 12.6. The summed E-state index contributed by atoms with van der Waals surface area (Å²) in [5, 5.41) is 6.09. The van der Waals surface area contributed by atoms with Crippen LogP contribution in [0.5, 0.6) is 11.8 Å². The van der Waals surface area contributed by atoms with Gasteiger partial charge in [0.2, 0.25) is 11.8 Å². The van der Waals surface area contributed by atoms with Crippen LogP contribution >= 0.6 is 0 Å². The quantitative estimate of drug-likeness (QED) is 0.143. The van der Waals surface area contributed by atoms with Crippen LogP contribution in [-0.4, -0.2) is 69.0 Å². The number of hydrogen-bond acceptors (Lipinski definition) is 7. The molecule has 5 aromatic rings. The number of ether oxygens (including phenoxy) is 3. The van der Waals surface area contributed by atoms with Crippen LogP contribution in [0.2, 0.25) is 0 Å². The first-order valence-corrected chi connectivity index (χ1v) is 19.1. The predicted octanol–water partition coefficient (Wildman–Crippen LogP) is 8.87. The smallest absolute Gasteiger partial charge is 0.410 e. The van der Waals surface area contributed by atoms with Gasteiger partial charge in [0.1, 0.15) is 24.5 Å². The molecule has 2 aromatic heterocycles. The van der Waals surface area contributed by atoms with E-state index in [1.807, 2.05) is 98.1 Å². The highest BCUT2D eigenvalue weighted by molar-refractivity contribution is 5.95. The summed E-state index contributed by atoms with van der Waals surface area (Å²) in [6.45, 7) is 13.7. The standard InChI is InChI=1S/C44H53N5O4/c1-31-27-49(43(50)53-44(2,3)4)25-22-36(31)28-48-23-20-34(21-24-48)35-16-17-37-39(26-35)47(5)46-41(37)38-18-19-40(51-29-32-12-8-6-9-13-32)45-42(38)52-30-33-14-10-7-11-15-33/h6-19,26,31,34,36H,20-25,27-30H2,1-5H3/t31-,36+/m1/s1. The summed E-state index contributed by atoms with van der Waals surface area (Å²) in [7, 11) is 2.02. The molecular weight excluding hydrogens is 663 g/mol. The first-order chi connectivity index (χ1) is 25.6. The lowest BCUT2D eigenvalue weighted by molar-refractivity contribution is 0.00826. The van der Waals surface area contributed by atoms with Crippen molar-refractivity contribution in [1.82, 2.24) is 24.6 Å². The first kappa shape index (κ1) is 36.5. The van der Waals surface area contributed by atoms with Crippen molar-refractivity contribution in [3.63, 3.8) is 0 Å². The third-order valence-corrected chi connectivity index (χ3v) is 10.7. The molecule has 9 nitrogen and oxygen atoms in total. The minimum absolute atomic E-state index is 0.184. The number of carbonyl (C=O) groups is 1. The molecule has 0 radical (unpaired) electrons. The molecular formula is C44H53N5O4. The SMILES string of the molecule is C[C@@H]1CN(C(=O)OC(C)(C)C)CC[C@H]1CN1CCC(c2ccc3c(-c4ccc(OCc5ccccc5)nc4OCc4ccccc4)nn(C)c3c2)CC1. The molecule has 2 aliphatic heterocycles. The van der Waals surface area contributed by atoms with Crippen molar-refractivity contribution in [2.75, 3.05) is 32.7 Å². The van der Waals surface area contributed by atoms with Gasteiger partial charge in [-0.15, -0.1) is 0 Å². The van der Waals surface area contributed by atoms with Gasteiger partial charge in [-0.3, -0.25) is 4.68 Å². The van der Waals surface area contributed by atoms with Crippen LogP contribution in [0, 0.1) is 11.8 Å². The van der Waals surface area contributed by atoms with Crippen LogP contribution in [0.25, 0.3) is 22.2 Å². The van der Waals surface area contributed by atoms with E-state index in [1.165, 1.54) is 5.56 Å². The molecule has 0 aliphatic carbocycles. The maximum Gasteiger partial charge on any atom is 0.410 e. The van der Waals surface area contributed by atoms with E-state index in [0.717, 1.165) is 85.3 Å². The van der Waals surface area contributed by atoms with Crippen LogP contribution in [-0.2, 0) is 25.0 Å². The molecule has 9 heteroatoms. The molecule has 0 unspecified atom stereocenters. The topological polar surface area (TPSA) is 82.0 Å². The minimum Gasteiger partial charge on any atom is -0.473 e. The Morgan fingerprint density at radius 3 is 2.17 bits per heavy atom. The fourth-order valence-electron chi connectivity index (χ4n) is 7.72. The number of amides is 1. The van der Waals surface area contributed by atoms with Crippen LogP contribution in [0.3, 0.4) is 0 Å². The number of aryl methyl sites for hydroxylation is 1. The lowest BCUT2D eigenvalue weighted by Crippen LogP contribution is -2.48. The predicted molar refractivity (Wildman–Crippen MR) is 209 cm³/mol. The van der Waals surface area contributed by atoms with Gasteiger partial charge in [0.25, 0.3) is 0 Å². The van der Waals surface area contributed by atoms with Gasteiger partial charge in [-0.2, -0.15) is 10.1 Å². The van der Waals surface area contributed by atoms with E-state index in [0.29, 0.717) is 42.7 Å². The Bertz CT molecular complexity index is 1980. The summed E-state index contributed by atoms with van der Waals surface area (Å²) in [6.07, 6.45) is 3.11.